The molecule has 0 radical (unpaired) electrons. The number of likely N-dealkylation sites (N-methyl/N-ethyl adjacent to an activating group) is 1. The summed E-state index contributed by atoms with van der Waals surface area (Å²) in [6.07, 6.45) is 1.03. The maximum atomic E-state index is 13.7. The first kappa shape index (κ1) is 20.6. The van der Waals surface area contributed by atoms with E-state index in [9.17, 15) is 9.18 Å². The van der Waals surface area contributed by atoms with Crippen LogP contribution < -0.4 is 5.32 Å². The normalized spacial score (nSPS) is 31.1. The van der Waals surface area contributed by atoms with E-state index in [0.717, 1.165) is 24.1 Å². The van der Waals surface area contributed by atoms with E-state index < -0.39 is 6.10 Å². The summed E-state index contributed by atoms with van der Waals surface area (Å²) in [5.41, 5.74) is 3.29. The molecule has 164 valence electrons. The molecule has 0 unspecified atom stereocenters. The van der Waals surface area contributed by atoms with Crippen LogP contribution in [0.4, 0.5) is 4.39 Å². The minimum atomic E-state index is -0.458. The molecule has 5 nitrogen and oxygen atoms in total. The Balaban J connectivity index is 1.43. The molecule has 1 N–H and O–H groups in total. The topological polar surface area (TPSA) is 44.8 Å². The van der Waals surface area contributed by atoms with Crippen molar-refractivity contribution in [1.82, 2.24) is 15.1 Å². The molecule has 1 amide bonds. The van der Waals surface area contributed by atoms with E-state index in [-0.39, 0.29) is 23.8 Å². The number of carbonyl (C=O) groups is 1. The Morgan fingerprint density at radius 1 is 1.16 bits per heavy atom. The number of piperazine rings is 1. The maximum Gasteiger partial charge on any atom is 0.252 e. The molecule has 2 aromatic carbocycles. The van der Waals surface area contributed by atoms with Gasteiger partial charge in [-0.2, -0.15) is 0 Å². The van der Waals surface area contributed by atoms with E-state index >= 15 is 0 Å². The van der Waals surface area contributed by atoms with Gasteiger partial charge in [0.2, 0.25) is 0 Å². The molecule has 0 spiro atoms. The smallest absolute Gasteiger partial charge is 0.252 e. The second kappa shape index (κ2) is 8.34. The molecule has 3 heterocycles. The molecular weight excluding hydrogens is 393 g/mol. The molecule has 2 saturated heterocycles. The molecule has 3 aliphatic heterocycles. The Hall–Kier alpha value is -2.28. The second-order valence-corrected chi connectivity index (χ2v) is 9.17. The third-order valence-electron chi connectivity index (χ3n) is 7.05. The number of ether oxygens (including phenoxy) is 1. The first-order valence-electron chi connectivity index (χ1n) is 11.2. The fraction of sp³-hybridized carbons (Fsp3) is 0.480. The lowest BCUT2D eigenvalue weighted by molar-refractivity contribution is -0.154. The number of nitrogens with one attached hydrogen (secondary N) is 1. The molecule has 0 aliphatic carbocycles. The van der Waals surface area contributed by atoms with Gasteiger partial charge in [-0.1, -0.05) is 36.4 Å². The van der Waals surface area contributed by atoms with Gasteiger partial charge in [-0.3, -0.25) is 9.69 Å². The van der Waals surface area contributed by atoms with Crippen LogP contribution in [0.25, 0.3) is 0 Å². The van der Waals surface area contributed by atoms with Gasteiger partial charge < -0.3 is 15.0 Å². The molecule has 0 saturated carbocycles. The number of benzene rings is 2. The van der Waals surface area contributed by atoms with Gasteiger partial charge in [0.05, 0.1) is 12.6 Å². The van der Waals surface area contributed by atoms with Crippen molar-refractivity contribution < 1.29 is 13.9 Å². The van der Waals surface area contributed by atoms with E-state index in [0.29, 0.717) is 31.7 Å². The number of rotatable bonds is 2. The number of amides is 1. The highest BCUT2D eigenvalue weighted by Crippen LogP contribution is 2.36. The van der Waals surface area contributed by atoms with Crippen molar-refractivity contribution in [1.29, 1.82) is 0 Å². The number of carbonyl (C=O) groups excluding carboxylic acids is 1. The number of hydrogen-bond donors (Lipinski definition) is 1. The van der Waals surface area contributed by atoms with Gasteiger partial charge in [0.1, 0.15) is 11.9 Å². The first-order chi connectivity index (χ1) is 15.0. The van der Waals surface area contributed by atoms with Crippen molar-refractivity contribution in [3.63, 3.8) is 0 Å². The molecule has 0 bridgehead atoms. The van der Waals surface area contributed by atoms with Crippen molar-refractivity contribution in [2.24, 2.45) is 0 Å². The Kier molecular flexibility index (Phi) is 5.54. The van der Waals surface area contributed by atoms with Gasteiger partial charge in [-0.15, -0.1) is 0 Å². The summed E-state index contributed by atoms with van der Waals surface area (Å²) < 4.78 is 19.7. The summed E-state index contributed by atoms with van der Waals surface area (Å²) in [6, 6.07) is 15.5. The Morgan fingerprint density at radius 3 is 2.74 bits per heavy atom. The summed E-state index contributed by atoms with van der Waals surface area (Å²) in [7, 11) is 2.13. The monoisotopic (exact) mass is 423 g/mol. The molecule has 5 atom stereocenters. The van der Waals surface area contributed by atoms with Gasteiger partial charge in [-0.05, 0) is 55.6 Å². The van der Waals surface area contributed by atoms with Gasteiger partial charge in [0.15, 0.2) is 0 Å². The van der Waals surface area contributed by atoms with E-state index in [4.69, 9.17) is 4.74 Å². The fourth-order valence-corrected chi connectivity index (χ4v) is 5.55. The summed E-state index contributed by atoms with van der Waals surface area (Å²) in [5, 5.41) is 3.67. The van der Waals surface area contributed by atoms with Crippen molar-refractivity contribution in [2.75, 3.05) is 26.7 Å². The number of fused-ring (bicyclic) bond motifs is 2. The predicted molar refractivity (Wildman–Crippen MR) is 117 cm³/mol. The molecule has 31 heavy (non-hydrogen) atoms. The molecule has 5 rings (SSSR count). The van der Waals surface area contributed by atoms with Crippen molar-refractivity contribution in [2.45, 2.75) is 50.0 Å². The summed E-state index contributed by atoms with van der Waals surface area (Å²) >= 11 is 0. The fourth-order valence-electron chi connectivity index (χ4n) is 5.55. The van der Waals surface area contributed by atoms with Gasteiger partial charge >= 0.3 is 0 Å². The maximum absolute atomic E-state index is 13.7. The minimum Gasteiger partial charge on any atom is -0.367 e. The van der Waals surface area contributed by atoms with Crippen LogP contribution in [-0.4, -0.2) is 66.7 Å². The number of hydrogen-bond acceptors (Lipinski definition) is 4. The van der Waals surface area contributed by atoms with Crippen molar-refractivity contribution in [3.8, 4) is 0 Å². The largest absolute Gasteiger partial charge is 0.367 e. The predicted octanol–water partition coefficient (Wildman–Crippen LogP) is 2.75. The zero-order chi connectivity index (χ0) is 21.5. The van der Waals surface area contributed by atoms with Gasteiger partial charge in [-0.25, -0.2) is 4.39 Å². The lowest BCUT2D eigenvalue weighted by atomic mass is 9.87. The molecular formula is C25H30FN3O2. The lowest BCUT2D eigenvalue weighted by Gasteiger charge is -2.48. The van der Waals surface area contributed by atoms with E-state index in [2.05, 4.69) is 36.3 Å². The summed E-state index contributed by atoms with van der Waals surface area (Å²) in [6.45, 7) is 4.36. The molecule has 3 aliphatic rings. The average molecular weight is 424 g/mol. The Morgan fingerprint density at radius 2 is 1.94 bits per heavy atom. The molecule has 2 aromatic rings. The zero-order valence-corrected chi connectivity index (χ0v) is 18.1. The van der Waals surface area contributed by atoms with E-state index in [1.807, 2.05) is 17.0 Å². The molecule has 0 aromatic heterocycles. The lowest BCUT2D eigenvalue weighted by Crippen LogP contribution is -2.66. The van der Waals surface area contributed by atoms with E-state index in [1.165, 1.54) is 17.7 Å². The van der Waals surface area contributed by atoms with Crippen LogP contribution in [0.1, 0.15) is 36.1 Å². The van der Waals surface area contributed by atoms with Gasteiger partial charge in [0, 0.05) is 31.2 Å². The minimum absolute atomic E-state index is 0.0324. The van der Waals surface area contributed by atoms with Crippen LogP contribution in [-0.2, 0) is 16.0 Å². The van der Waals surface area contributed by atoms with Crippen molar-refractivity contribution in [3.05, 3.63) is 71.0 Å². The first-order valence-corrected chi connectivity index (χ1v) is 11.2. The Labute approximate surface area is 183 Å². The standard InChI is InChI=1S/C25H30FN3O2/c1-16-14-28(2)22-15-31-23(13-21(22)27-16)25(30)29-12-11-17-5-3-4-6-20(17)24(29)18-7-9-19(26)10-8-18/h3-10,16,21-24,27H,11-15H2,1-2H3/t16-,21+,22-,23-,24+/m1/s1. The summed E-state index contributed by atoms with van der Waals surface area (Å²) in [4.78, 5) is 18.0. The average Bonchev–Trinajstić information content (AvgIpc) is 2.78. The highest BCUT2D eigenvalue weighted by atomic mass is 19.1. The third-order valence-corrected chi connectivity index (χ3v) is 7.05. The van der Waals surface area contributed by atoms with Crippen LogP contribution in [0.5, 0.6) is 0 Å². The van der Waals surface area contributed by atoms with Crippen LogP contribution in [0, 0.1) is 5.82 Å². The highest BCUT2D eigenvalue weighted by Gasteiger charge is 2.43. The quantitative estimate of drug-likeness (QED) is 0.807. The highest BCUT2D eigenvalue weighted by molar-refractivity contribution is 5.82. The number of nitrogens with zero attached hydrogens (tertiary/aromatic N) is 2. The third kappa shape index (κ3) is 3.88. The molecule has 2 fully saturated rings. The van der Waals surface area contributed by atoms with Crippen LogP contribution in [0.3, 0.4) is 0 Å². The Bertz CT molecular complexity index is 950. The second-order valence-electron chi connectivity index (χ2n) is 9.17. The van der Waals surface area contributed by atoms with E-state index in [1.54, 1.807) is 12.1 Å². The van der Waals surface area contributed by atoms with Crippen LogP contribution in [0.2, 0.25) is 0 Å². The van der Waals surface area contributed by atoms with Crippen LogP contribution in [0.15, 0.2) is 48.5 Å². The number of halogens is 1. The molecule has 6 heteroatoms. The van der Waals surface area contributed by atoms with Crippen LogP contribution >= 0.6 is 0 Å². The SMILES string of the molecule is C[C@@H]1CN(C)[C@@H]2CO[C@@H](C(=O)N3CCc4ccccc4[C@@H]3c3ccc(F)cc3)C[C@@H]2N1. The van der Waals surface area contributed by atoms with Gasteiger partial charge in [0.25, 0.3) is 5.91 Å². The zero-order valence-electron chi connectivity index (χ0n) is 18.1. The van der Waals surface area contributed by atoms with Crippen molar-refractivity contribution >= 4 is 5.91 Å². The summed E-state index contributed by atoms with van der Waals surface area (Å²) in [5.74, 6) is -0.237.